The van der Waals surface area contributed by atoms with E-state index in [1.807, 2.05) is 10.8 Å². The summed E-state index contributed by atoms with van der Waals surface area (Å²) in [6, 6.07) is 4.90. The lowest BCUT2D eigenvalue weighted by atomic mass is 10.2. The van der Waals surface area contributed by atoms with Gasteiger partial charge in [-0.2, -0.15) is 4.31 Å². The van der Waals surface area contributed by atoms with Crippen LogP contribution < -0.4 is 4.90 Å². The molecule has 2 aliphatic heterocycles. The Morgan fingerprint density at radius 1 is 1.22 bits per heavy atom. The van der Waals surface area contributed by atoms with Gasteiger partial charge in [0.15, 0.2) is 0 Å². The van der Waals surface area contributed by atoms with Gasteiger partial charge in [0.25, 0.3) is 0 Å². The van der Waals surface area contributed by atoms with Crippen LogP contribution in [0.5, 0.6) is 0 Å². The van der Waals surface area contributed by atoms with E-state index in [-0.39, 0.29) is 23.8 Å². The van der Waals surface area contributed by atoms with Gasteiger partial charge in [-0.1, -0.05) is 0 Å². The SMILES string of the molecule is CN1C(=O)Cc2cc(S(=O)(=O)N3CCn4ccnc4C3)ccc21. The molecule has 1 aromatic carbocycles. The number of anilines is 1. The maximum Gasteiger partial charge on any atom is 0.243 e. The Hall–Kier alpha value is -2.19. The molecule has 0 saturated carbocycles. The highest BCUT2D eigenvalue weighted by Gasteiger charge is 2.31. The van der Waals surface area contributed by atoms with Crippen LogP contribution in [0, 0.1) is 0 Å². The van der Waals surface area contributed by atoms with Gasteiger partial charge in [-0.3, -0.25) is 4.79 Å². The summed E-state index contributed by atoms with van der Waals surface area (Å²) in [5.41, 5.74) is 1.54. The van der Waals surface area contributed by atoms with Crippen LogP contribution in [0.2, 0.25) is 0 Å². The van der Waals surface area contributed by atoms with Crippen molar-refractivity contribution in [1.82, 2.24) is 13.9 Å². The molecule has 0 fully saturated rings. The van der Waals surface area contributed by atoms with Crippen molar-refractivity contribution in [2.75, 3.05) is 18.5 Å². The number of aromatic nitrogens is 2. The average Bonchev–Trinajstić information content (AvgIpc) is 3.11. The summed E-state index contributed by atoms with van der Waals surface area (Å²) in [4.78, 5) is 17.7. The summed E-state index contributed by atoms with van der Waals surface area (Å²) >= 11 is 0. The number of amides is 1. The zero-order valence-electron chi connectivity index (χ0n) is 12.6. The molecule has 0 N–H and O–H groups in total. The van der Waals surface area contributed by atoms with Gasteiger partial charge in [-0.05, 0) is 23.8 Å². The Morgan fingerprint density at radius 2 is 2.04 bits per heavy atom. The van der Waals surface area contributed by atoms with Crippen molar-refractivity contribution < 1.29 is 13.2 Å². The highest BCUT2D eigenvalue weighted by Crippen LogP contribution is 2.31. The van der Waals surface area contributed by atoms with Gasteiger partial charge in [-0.15, -0.1) is 0 Å². The number of sulfonamides is 1. The molecule has 8 heteroatoms. The van der Waals surface area contributed by atoms with Crippen LogP contribution in [0.25, 0.3) is 0 Å². The summed E-state index contributed by atoms with van der Waals surface area (Å²) in [7, 11) is -1.89. The molecule has 1 amide bonds. The number of likely N-dealkylation sites (N-methyl/N-ethyl adjacent to an activating group) is 1. The van der Waals surface area contributed by atoms with Crippen LogP contribution in [0.4, 0.5) is 5.69 Å². The maximum atomic E-state index is 12.9. The lowest BCUT2D eigenvalue weighted by molar-refractivity contribution is -0.117. The highest BCUT2D eigenvalue weighted by molar-refractivity contribution is 7.89. The molecule has 23 heavy (non-hydrogen) atoms. The van der Waals surface area contributed by atoms with E-state index in [2.05, 4.69) is 4.98 Å². The lowest BCUT2D eigenvalue weighted by Gasteiger charge is -2.27. The molecule has 0 saturated heterocycles. The molecule has 2 aromatic rings. The van der Waals surface area contributed by atoms with Gasteiger partial charge in [0.2, 0.25) is 15.9 Å². The first-order valence-corrected chi connectivity index (χ1v) is 8.80. The lowest BCUT2D eigenvalue weighted by Crippen LogP contribution is -2.38. The third-order valence-electron chi connectivity index (χ3n) is 4.48. The van der Waals surface area contributed by atoms with Gasteiger partial charge in [0.05, 0.1) is 17.9 Å². The van der Waals surface area contributed by atoms with E-state index in [0.29, 0.717) is 13.1 Å². The van der Waals surface area contributed by atoms with E-state index >= 15 is 0 Å². The molecule has 0 aliphatic carbocycles. The van der Waals surface area contributed by atoms with E-state index < -0.39 is 10.0 Å². The number of hydrogen-bond acceptors (Lipinski definition) is 4. The Kier molecular flexibility index (Phi) is 3.07. The Labute approximate surface area is 134 Å². The zero-order valence-corrected chi connectivity index (χ0v) is 13.5. The van der Waals surface area contributed by atoms with Crippen LogP contribution in [-0.4, -0.2) is 41.8 Å². The number of imidazole rings is 1. The van der Waals surface area contributed by atoms with Crippen LogP contribution in [-0.2, 0) is 34.3 Å². The van der Waals surface area contributed by atoms with Crippen molar-refractivity contribution in [3.63, 3.8) is 0 Å². The number of benzene rings is 1. The molecule has 7 nitrogen and oxygen atoms in total. The van der Waals surface area contributed by atoms with Crippen molar-refractivity contribution in [2.24, 2.45) is 0 Å². The predicted molar refractivity (Wildman–Crippen MR) is 83.4 cm³/mol. The monoisotopic (exact) mass is 332 g/mol. The minimum atomic E-state index is -3.59. The molecule has 0 bridgehead atoms. The smallest absolute Gasteiger partial charge is 0.243 e. The zero-order chi connectivity index (χ0) is 16.2. The normalized spacial score (nSPS) is 18.1. The minimum absolute atomic E-state index is 0.0189. The second-order valence-corrected chi connectivity index (χ2v) is 7.73. The fourth-order valence-corrected chi connectivity index (χ4v) is 4.55. The number of hydrogen-bond donors (Lipinski definition) is 0. The van der Waals surface area contributed by atoms with E-state index in [9.17, 15) is 13.2 Å². The van der Waals surface area contributed by atoms with Crippen molar-refractivity contribution in [3.8, 4) is 0 Å². The van der Waals surface area contributed by atoms with E-state index in [1.165, 1.54) is 4.31 Å². The first-order valence-electron chi connectivity index (χ1n) is 7.36. The number of carbonyl (C=O) groups is 1. The highest BCUT2D eigenvalue weighted by atomic mass is 32.2. The van der Waals surface area contributed by atoms with Crippen LogP contribution >= 0.6 is 0 Å². The fourth-order valence-electron chi connectivity index (χ4n) is 3.11. The molecule has 3 heterocycles. The van der Waals surface area contributed by atoms with E-state index in [0.717, 1.165) is 17.1 Å². The first kappa shape index (κ1) is 14.4. The predicted octanol–water partition coefficient (Wildman–Crippen LogP) is 0.607. The molecular formula is C15H16N4O3S. The third kappa shape index (κ3) is 2.17. The molecule has 0 atom stereocenters. The maximum absolute atomic E-state index is 12.9. The number of nitrogens with zero attached hydrogens (tertiary/aromatic N) is 4. The molecule has 0 radical (unpaired) electrons. The quantitative estimate of drug-likeness (QED) is 0.807. The Bertz CT molecular complexity index is 903. The largest absolute Gasteiger partial charge is 0.333 e. The molecule has 2 aliphatic rings. The van der Waals surface area contributed by atoms with Gasteiger partial charge >= 0.3 is 0 Å². The number of fused-ring (bicyclic) bond motifs is 2. The van der Waals surface area contributed by atoms with Crippen LogP contribution in [0.15, 0.2) is 35.5 Å². The molecule has 1 aromatic heterocycles. The van der Waals surface area contributed by atoms with Gasteiger partial charge in [0.1, 0.15) is 5.82 Å². The van der Waals surface area contributed by atoms with Crippen molar-refractivity contribution in [2.45, 2.75) is 24.4 Å². The summed E-state index contributed by atoms with van der Waals surface area (Å²) in [5, 5.41) is 0. The van der Waals surface area contributed by atoms with E-state index in [4.69, 9.17) is 0 Å². The Morgan fingerprint density at radius 3 is 2.87 bits per heavy atom. The topological polar surface area (TPSA) is 75.5 Å². The summed E-state index contributed by atoms with van der Waals surface area (Å²) < 4.78 is 29.1. The van der Waals surface area contributed by atoms with Crippen molar-refractivity contribution in [3.05, 3.63) is 42.0 Å². The number of rotatable bonds is 2. The molecule has 4 rings (SSSR count). The summed E-state index contributed by atoms with van der Waals surface area (Å²) in [5.74, 6) is 0.727. The molecule has 0 spiro atoms. The summed E-state index contributed by atoms with van der Waals surface area (Å²) in [6.45, 7) is 1.29. The van der Waals surface area contributed by atoms with E-state index in [1.54, 1.807) is 36.3 Å². The van der Waals surface area contributed by atoms with Crippen molar-refractivity contribution >= 4 is 21.6 Å². The van der Waals surface area contributed by atoms with Gasteiger partial charge < -0.3 is 9.47 Å². The fraction of sp³-hybridized carbons (Fsp3) is 0.333. The van der Waals surface area contributed by atoms with Crippen molar-refractivity contribution in [1.29, 1.82) is 0 Å². The van der Waals surface area contributed by atoms with Crippen LogP contribution in [0.3, 0.4) is 0 Å². The second kappa shape index (κ2) is 4.90. The average molecular weight is 332 g/mol. The van der Waals surface area contributed by atoms with Crippen LogP contribution in [0.1, 0.15) is 11.4 Å². The van der Waals surface area contributed by atoms with Gasteiger partial charge in [0, 0.05) is 38.2 Å². The third-order valence-corrected chi connectivity index (χ3v) is 6.32. The molecule has 0 unspecified atom stereocenters. The Balaban J connectivity index is 1.68. The minimum Gasteiger partial charge on any atom is -0.333 e. The standard InChI is InChI=1S/C15H16N4O3S/c1-17-13-3-2-12(8-11(13)9-15(17)20)23(21,22)19-7-6-18-5-4-16-14(18)10-19/h2-5,8H,6-7,9-10H2,1H3. The summed E-state index contributed by atoms with van der Waals surface area (Å²) in [6.07, 6.45) is 3.79. The first-order chi connectivity index (χ1) is 11.0. The number of carbonyl (C=O) groups excluding carboxylic acids is 1. The second-order valence-electron chi connectivity index (χ2n) is 5.80. The molecular weight excluding hydrogens is 316 g/mol. The molecule has 120 valence electrons. The van der Waals surface area contributed by atoms with Gasteiger partial charge in [-0.25, -0.2) is 13.4 Å².